The van der Waals surface area contributed by atoms with Gasteiger partial charge in [-0.15, -0.1) is 0 Å². The molecule has 3 nitrogen and oxygen atoms in total. The standard InChI is InChI=1S/C11H12O3/c1-14-11(13)9-5-4-8(6-10(9)12)7-2-3-7/h4-7,12H,2-3H2,1H3. The van der Waals surface area contributed by atoms with E-state index >= 15 is 0 Å². The quantitative estimate of drug-likeness (QED) is 0.729. The molecule has 1 aliphatic rings. The second-order valence-electron chi connectivity index (χ2n) is 3.54. The van der Waals surface area contributed by atoms with Crippen LogP contribution in [0.1, 0.15) is 34.7 Å². The van der Waals surface area contributed by atoms with Gasteiger partial charge in [0.15, 0.2) is 0 Å². The van der Waals surface area contributed by atoms with Crippen molar-refractivity contribution in [1.82, 2.24) is 0 Å². The minimum absolute atomic E-state index is 0.0150. The summed E-state index contributed by atoms with van der Waals surface area (Å²) in [5.41, 5.74) is 1.34. The van der Waals surface area contributed by atoms with E-state index in [2.05, 4.69) is 4.74 Å². The maximum atomic E-state index is 11.1. The number of carbonyl (C=O) groups is 1. The highest BCUT2D eigenvalue weighted by molar-refractivity contribution is 5.92. The first kappa shape index (κ1) is 9.06. The maximum Gasteiger partial charge on any atom is 0.341 e. The zero-order chi connectivity index (χ0) is 10.1. The molecule has 0 radical (unpaired) electrons. The number of aromatic hydroxyl groups is 1. The van der Waals surface area contributed by atoms with Gasteiger partial charge in [-0.3, -0.25) is 0 Å². The van der Waals surface area contributed by atoms with Crippen LogP contribution in [0.4, 0.5) is 0 Å². The van der Waals surface area contributed by atoms with Crippen LogP contribution in [0, 0.1) is 0 Å². The van der Waals surface area contributed by atoms with Gasteiger partial charge in [-0.25, -0.2) is 4.79 Å². The van der Waals surface area contributed by atoms with Crippen molar-refractivity contribution in [2.75, 3.05) is 7.11 Å². The summed E-state index contributed by atoms with van der Waals surface area (Å²) in [6.07, 6.45) is 2.36. The molecule has 2 rings (SSSR count). The van der Waals surface area contributed by atoms with Crippen molar-refractivity contribution >= 4 is 5.97 Å². The van der Waals surface area contributed by atoms with E-state index in [4.69, 9.17) is 0 Å². The molecule has 1 saturated carbocycles. The van der Waals surface area contributed by atoms with Crippen LogP contribution < -0.4 is 0 Å². The summed E-state index contributed by atoms with van der Waals surface area (Å²) < 4.78 is 4.53. The normalized spacial score (nSPS) is 15.2. The zero-order valence-electron chi connectivity index (χ0n) is 7.99. The SMILES string of the molecule is COC(=O)c1ccc(C2CC2)cc1O. The Kier molecular flexibility index (Phi) is 2.15. The van der Waals surface area contributed by atoms with Gasteiger partial charge in [0.25, 0.3) is 0 Å². The summed E-state index contributed by atoms with van der Waals surface area (Å²) >= 11 is 0. The molecule has 0 spiro atoms. The lowest BCUT2D eigenvalue weighted by atomic mass is 10.1. The Hall–Kier alpha value is -1.51. The summed E-state index contributed by atoms with van der Waals surface area (Å²) in [5, 5.41) is 9.57. The number of phenols is 1. The van der Waals surface area contributed by atoms with Crippen LogP contribution in [-0.2, 0) is 4.74 Å². The van der Waals surface area contributed by atoms with E-state index in [9.17, 15) is 9.90 Å². The molecule has 1 aliphatic carbocycles. The first-order valence-corrected chi connectivity index (χ1v) is 4.63. The summed E-state index contributed by atoms with van der Waals surface area (Å²) in [5.74, 6) is 0.0960. The minimum Gasteiger partial charge on any atom is -0.507 e. The third-order valence-corrected chi connectivity index (χ3v) is 2.48. The van der Waals surface area contributed by atoms with Gasteiger partial charge in [0.1, 0.15) is 11.3 Å². The number of phenolic OH excluding ortho intramolecular Hbond substituents is 1. The molecule has 0 atom stereocenters. The number of methoxy groups -OCH3 is 1. The Morgan fingerprint density at radius 3 is 2.71 bits per heavy atom. The molecule has 1 aromatic carbocycles. The van der Waals surface area contributed by atoms with Crippen molar-refractivity contribution in [1.29, 1.82) is 0 Å². The summed E-state index contributed by atoms with van der Waals surface area (Å²) in [6.45, 7) is 0. The van der Waals surface area contributed by atoms with Crippen molar-refractivity contribution in [2.45, 2.75) is 18.8 Å². The maximum absolute atomic E-state index is 11.1. The highest BCUT2D eigenvalue weighted by atomic mass is 16.5. The first-order valence-electron chi connectivity index (χ1n) is 4.63. The van der Waals surface area contributed by atoms with Crippen LogP contribution in [0.25, 0.3) is 0 Å². The molecular weight excluding hydrogens is 180 g/mol. The van der Waals surface area contributed by atoms with E-state index in [0.717, 1.165) is 5.56 Å². The number of esters is 1. The van der Waals surface area contributed by atoms with Crippen molar-refractivity contribution in [3.05, 3.63) is 29.3 Å². The molecular formula is C11H12O3. The van der Waals surface area contributed by atoms with Gasteiger partial charge >= 0.3 is 5.97 Å². The average molecular weight is 192 g/mol. The second kappa shape index (κ2) is 3.33. The number of rotatable bonds is 2. The molecule has 0 aromatic heterocycles. The fourth-order valence-corrected chi connectivity index (χ4v) is 1.50. The summed E-state index contributed by atoms with van der Waals surface area (Å²) in [6, 6.07) is 5.16. The fourth-order valence-electron chi connectivity index (χ4n) is 1.50. The second-order valence-corrected chi connectivity index (χ2v) is 3.54. The summed E-state index contributed by atoms with van der Waals surface area (Å²) in [7, 11) is 1.30. The Balaban J connectivity index is 2.30. The third-order valence-electron chi connectivity index (χ3n) is 2.48. The largest absolute Gasteiger partial charge is 0.507 e. The molecule has 74 valence electrons. The third kappa shape index (κ3) is 1.58. The molecule has 1 N–H and O–H groups in total. The number of benzene rings is 1. The highest BCUT2D eigenvalue weighted by Gasteiger charge is 2.24. The molecule has 0 bridgehead atoms. The molecule has 0 aliphatic heterocycles. The van der Waals surface area contributed by atoms with Gasteiger partial charge in [0.2, 0.25) is 0 Å². The van der Waals surface area contributed by atoms with Gasteiger partial charge in [0.05, 0.1) is 7.11 Å². The van der Waals surface area contributed by atoms with Crippen molar-refractivity contribution in [3.63, 3.8) is 0 Å². The van der Waals surface area contributed by atoms with Crippen molar-refractivity contribution in [2.24, 2.45) is 0 Å². The predicted octanol–water partition coefficient (Wildman–Crippen LogP) is 2.06. The molecule has 0 unspecified atom stereocenters. The molecule has 1 fully saturated rings. The first-order chi connectivity index (χ1) is 6.72. The number of carbonyl (C=O) groups excluding carboxylic acids is 1. The lowest BCUT2D eigenvalue weighted by Gasteiger charge is -2.04. The van der Waals surface area contributed by atoms with Gasteiger partial charge < -0.3 is 9.84 Å². The number of hydrogen-bond acceptors (Lipinski definition) is 3. The minimum atomic E-state index is -0.496. The van der Waals surface area contributed by atoms with Gasteiger partial charge in [-0.05, 0) is 36.5 Å². The van der Waals surface area contributed by atoms with E-state index in [1.165, 1.54) is 20.0 Å². The molecule has 1 aromatic rings. The van der Waals surface area contributed by atoms with Crippen molar-refractivity contribution in [3.8, 4) is 5.75 Å². The van der Waals surface area contributed by atoms with Crippen LogP contribution in [0.2, 0.25) is 0 Å². The van der Waals surface area contributed by atoms with Crippen LogP contribution in [0.5, 0.6) is 5.75 Å². The van der Waals surface area contributed by atoms with E-state index in [-0.39, 0.29) is 11.3 Å². The molecule has 0 heterocycles. The van der Waals surface area contributed by atoms with Crippen LogP contribution in [0.3, 0.4) is 0 Å². The molecule has 0 amide bonds. The number of ether oxygens (including phenoxy) is 1. The van der Waals surface area contributed by atoms with E-state index in [0.29, 0.717) is 5.92 Å². The van der Waals surface area contributed by atoms with Crippen LogP contribution >= 0.6 is 0 Å². The van der Waals surface area contributed by atoms with E-state index in [1.807, 2.05) is 6.07 Å². The Morgan fingerprint density at radius 1 is 1.50 bits per heavy atom. The van der Waals surface area contributed by atoms with E-state index < -0.39 is 5.97 Å². The zero-order valence-corrected chi connectivity index (χ0v) is 7.99. The molecule has 14 heavy (non-hydrogen) atoms. The predicted molar refractivity (Wildman–Crippen MR) is 51.4 cm³/mol. The monoisotopic (exact) mass is 192 g/mol. The van der Waals surface area contributed by atoms with Gasteiger partial charge in [-0.2, -0.15) is 0 Å². The number of hydrogen-bond donors (Lipinski definition) is 1. The lowest BCUT2D eigenvalue weighted by Crippen LogP contribution is -2.01. The van der Waals surface area contributed by atoms with Crippen LogP contribution in [0.15, 0.2) is 18.2 Å². The molecule has 0 saturated heterocycles. The Morgan fingerprint density at radius 2 is 2.21 bits per heavy atom. The van der Waals surface area contributed by atoms with Crippen molar-refractivity contribution < 1.29 is 14.6 Å². The smallest absolute Gasteiger partial charge is 0.341 e. The average Bonchev–Trinajstić information content (AvgIpc) is 3.00. The Bertz CT molecular complexity index is 367. The van der Waals surface area contributed by atoms with Gasteiger partial charge in [0, 0.05) is 0 Å². The lowest BCUT2D eigenvalue weighted by molar-refractivity contribution is 0.0597. The molecule has 3 heteroatoms. The van der Waals surface area contributed by atoms with Gasteiger partial charge in [-0.1, -0.05) is 6.07 Å². The Labute approximate surface area is 82.3 Å². The fraction of sp³-hybridized carbons (Fsp3) is 0.364. The van der Waals surface area contributed by atoms with E-state index in [1.54, 1.807) is 12.1 Å². The highest BCUT2D eigenvalue weighted by Crippen LogP contribution is 2.41. The van der Waals surface area contributed by atoms with Crippen LogP contribution in [-0.4, -0.2) is 18.2 Å². The topological polar surface area (TPSA) is 46.5 Å². The summed E-state index contributed by atoms with van der Waals surface area (Å²) in [4.78, 5) is 11.1.